The van der Waals surface area contributed by atoms with Gasteiger partial charge in [0.2, 0.25) is 0 Å². The van der Waals surface area contributed by atoms with Gasteiger partial charge >= 0.3 is 0 Å². The van der Waals surface area contributed by atoms with Crippen LogP contribution in [-0.4, -0.2) is 25.2 Å². The van der Waals surface area contributed by atoms with Gasteiger partial charge in [0.1, 0.15) is 0 Å². The summed E-state index contributed by atoms with van der Waals surface area (Å²) in [6.07, 6.45) is 2.96. The van der Waals surface area contributed by atoms with Crippen LogP contribution in [0.3, 0.4) is 0 Å². The summed E-state index contributed by atoms with van der Waals surface area (Å²) in [4.78, 5) is 4.47. The molecular weight excluding hydrogens is 236 g/mol. The van der Waals surface area contributed by atoms with E-state index in [4.69, 9.17) is 4.74 Å². The van der Waals surface area contributed by atoms with Crippen molar-refractivity contribution in [3.8, 4) is 11.3 Å². The normalized spacial score (nSPS) is 18.1. The molecule has 0 radical (unpaired) electrons. The van der Waals surface area contributed by atoms with E-state index in [1.165, 1.54) is 16.7 Å². The molecule has 19 heavy (non-hydrogen) atoms. The lowest BCUT2D eigenvalue weighted by Crippen LogP contribution is -2.25. The Balaban J connectivity index is 2.06. The number of fused-ring (bicyclic) bond motifs is 1. The molecule has 3 rings (SSSR count). The minimum atomic E-state index is 0.150. The Morgan fingerprint density at radius 2 is 2.21 bits per heavy atom. The lowest BCUT2D eigenvalue weighted by molar-refractivity contribution is 0.0440. The Morgan fingerprint density at radius 3 is 3.00 bits per heavy atom. The smallest absolute Gasteiger partial charge is 0.0952 e. The van der Waals surface area contributed by atoms with Crippen LogP contribution in [0.5, 0.6) is 0 Å². The number of aromatic nitrogens is 1. The van der Waals surface area contributed by atoms with E-state index in [0.29, 0.717) is 0 Å². The summed E-state index contributed by atoms with van der Waals surface area (Å²) in [7, 11) is 1.96. The summed E-state index contributed by atoms with van der Waals surface area (Å²) in [5, 5.41) is 3.20. The number of pyridine rings is 1. The van der Waals surface area contributed by atoms with E-state index >= 15 is 0 Å². The second-order valence-electron chi connectivity index (χ2n) is 4.76. The fourth-order valence-electron chi connectivity index (χ4n) is 2.69. The molecule has 1 aromatic heterocycles. The molecule has 1 aromatic carbocycles. The summed E-state index contributed by atoms with van der Waals surface area (Å²) in [6, 6.07) is 12.5. The largest absolute Gasteiger partial charge is 0.372 e. The van der Waals surface area contributed by atoms with Gasteiger partial charge in [0.25, 0.3) is 0 Å². The molecular formula is C16H18N2O. The van der Waals surface area contributed by atoms with Gasteiger partial charge in [0, 0.05) is 18.3 Å². The highest BCUT2D eigenvalue weighted by atomic mass is 16.5. The number of rotatable bonds is 3. The zero-order valence-electron chi connectivity index (χ0n) is 11.1. The third kappa shape index (κ3) is 2.39. The molecule has 1 N–H and O–H groups in total. The van der Waals surface area contributed by atoms with E-state index in [1.807, 2.05) is 25.4 Å². The van der Waals surface area contributed by atoms with E-state index < -0.39 is 0 Å². The SMILES string of the molecule is CNC[C@H]1OCCc2c(-c3ccccn3)cccc21. The first-order valence-electron chi connectivity index (χ1n) is 6.69. The maximum atomic E-state index is 5.85. The fraction of sp³-hybridized carbons (Fsp3) is 0.312. The molecule has 3 heteroatoms. The maximum Gasteiger partial charge on any atom is 0.0952 e. The first-order valence-corrected chi connectivity index (χ1v) is 6.69. The van der Waals surface area contributed by atoms with Crippen molar-refractivity contribution in [3.63, 3.8) is 0 Å². The second-order valence-corrected chi connectivity index (χ2v) is 4.76. The maximum absolute atomic E-state index is 5.85. The van der Waals surface area contributed by atoms with Crippen LogP contribution in [-0.2, 0) is 11.2 Å². The van der Waals surface area contributed by atoms with Crippen LogP contribution < -0.4 is 5.32 Å². The van der Waals surface area contributed by atoms with Gasteiger partial charge < -0.3 is 10.1 Å². The molecule has 3 nitrogen and oxygen atoms in total. The van der Waals surface area contributed by atoms with Crippen LogP contribution in [0.1, 0.15) is 17.2 Å². The average molecular weight is 254 g/mol. The minimum absolute atomic E-state index is 0.150. The zero-order valence-corrected chi connectivity index (χ0v) is 11.1. The van der Waals surface area contributed by atoms with Crippen LogP contribution in [0, 0.1) is 0 Å². The fourth-order valence-corrected chi connectivity index (χ4v) is 2.69. The summed E-state index contributed by atoms with van der Waals surface area (Å²) >= 11 is 0. The van der Waals surface area contributed by atoms with Crippen molar-refractivity contribution in [1.82, 2.24) is 10.3 Å². The predicted molar refractivity (Wildman–Crippen MR) is 76.0 cm³/mol. The first-order chi connectivity index (χ1) is 9.40. The Morgan fingerprint density at radius 1 is 1.26 bits per heavy atom. The Bertz CT molecular complexity index is 554. The molecule has 0 saturated heterocycles. The van der Waals surface area contributed by atoms with Crippen LogP contribution in [0.4, 0.5) is 0 Å². The first kappa shape index (κ1) is 12.3. The van der Waals surface area contributed by atoms with Gasteiger partial charge in [-0.05, 0) is 36.7 Å². The van der Waals surface area contributed by atoms with Crippen LogP contribution in [0.25, 0.3) is 11.3 Å². The zero-order chi connectivity index (χ0) is 13.1. The van der Waals surface area contributed by atoms with E-state index in [9.17, 15) is 0 Å². The summed E-state index contributed by atoms with van der Waals surface area (Å²) in [5.74, 6) is 0. The number of benzene rings is 1. The van der Waals surface area contributed by atoms with Gasteiger partial charge in [-0.3, -0.25) is 4.98 Å². The van der Waals surface area contributed by atoms with Gasteiger partial charge in [0.05, 0.1) is 18.4 Å². The molecule has 1 aliphatic heterocycles. The van der Waals surface area contributed by atoms with Crippen molar-refractivity contribution >= 4 is 0 Å². The molecule has 0 aliphatic carbocycles. The molecule has 2 heterocycles. The average Bonchev–Trinajstić information content (AvgIpc) is 2.48. The summed E-state index contributed by atoms with van der Waals surface area (Å²) < 4.78 is 5.85. The standard InChI is InChI=1S/C16H18N2O/c1-17-11-16-14-6-4-5-13(12(14)8-10-19-16)15-7-2-3-9-18-15/h2-7,9,16-17H,8,10-11H2,1H3/t16-/m1/s1. The topological polar surface area (TPSA) is 34.1 Å². The van der Waals surface area contributed by atoms with Crippen molar-refractivity contribution in [3.05, 3.63) is 53.7 Å². The predicted octanol–water partition coefficient (Wildman–Crippen LogP) is 2.58. The number of ether oxygens (including phenoxy) is 1. The van der Waals surface area contributed by atoms with E-state index in [1.54, 1.807) is 0 Å². The molecule has 0 bridgehead atoms. The number of nitrogens with one attached hydrogen (secondary N) is 1. The molecule has 0 saturated carbocycles. The molecule has 0 unspecified atom stereocenters. The van der Waals surface area contributed by atoms with Crippen LogP contribution >= 0.6 is 0 Å². The summed E-state index contributed by atoms with van der Waals surface area (Å²) in [5.41, 5.74) is 4.96. The number of hydrogen-bond acceptors (Lipinski definition) is 3. The van der Waals surface area contributed by atoms with Gasteiger partial charge in [-0.2, -0.15) is 0 Å². The van der Waals surface area contributed by atoms with E-state index in [2.05, 4.69) is 34.6 Å². The molecule has 0 fully saturated rings. The van der Waals surface area contributed by atoms with Crippen molar-refractivity contribution in [2.24, 2.45) is 0 Å². The molecule has 1 aliphatic rings. The van der Waals surface area contributed by atoms with Crippen LogP contribution in [0.2, 0.25) is 0 Å². The monoisotopic (exact) mass is 254 g/mol. The number of likely N-dealkylation sites (N-methyl/N-ethyl adjacent to an activating group) is 1. The second kappa shape index (κ2) is 5.51. The van der Waals surface area contributed by atoms with Crippen LogP contribution in [0.15, 0.2) is 42.6 Å². The highest BCUT2D eigenvalue weighted by Crippen LogP contribution is 2.33. The quantitative estimate of drug-likeness (QED) is 0.914. The Kier molecular flexibility index (Phi) is 3.58. The van der Waals surface area contributed by atoms with Gasteiger partial charge in [-0.15, -0.1) is 0 Å². The third-order valence-electron chi connectivity index (χ3n) is 3.56. The van der Waals surface area contributed by atoms with E-state index in [0.717, 1.165) is 25.3 Å². The van der Waals surface area contributed by atoms with Gasteiger partial charge in [-0.1, -0.05) is 24.3 Å². The van der Waals surface area contributed by atoms with Gasteiger partial charge in [0.15, 0.2) is 0 Å². The van der Waals surface area contributed by atoms with Crippen molar-refractivity contribution in [2.75, 3.05) is 20.2 Å². The highest BCUT2D eigenvalue weighted by Gasteiger charge is 2.22. The molecule has 2 aromatic rings. The van der Waals surface area contributed by atoms with Crippen molar-refractivity contribution in [2.45, 2.75) is 12.5 Å². The molecule has 1 atom stereocenters. The van der Waals surface area contributed by atoms with Gasteiger partial charge in [-0.25, -0.2) is 0 Å². The number of hydrogen-bond donors (Lipinski definition) is 1. The summed E-state index contributed by atoms with van der Waals surface area (Å²) in [6.45, 7) is 1.63. The lowest BCUT2D eigenvalue weighted by Gasteiger charge is -2.27. The number of nitrogens with zero attached hydrogens (tertiary/aromatic N) is 1. The van der Waals surface area contributed by atoms with E-state index in [-0.39, 0.29) is 6.10 Å². The molecule has 98 valence electrons. The van der Waals surface area contributed by atoms with Crippen molar-refractivity contribution < 1.29 is 4.74 Å². The minimum Gasteiger partial charge on any atom is -0.372 e. The molecule has 0 spiro atoms. The lowest BCUT2D eigenvalue weighted by atomic mass is 9.91. The highest BCUT2D eigenvalue weighted by molar-refractivity contribution is 5.66. The Hall–Kier alpha value is -1.71. The third-order valence-corrected chi connectivity index (χ3v) is 3.56. The Labute approximate surface area is 113 Å². The van der Waals surface area contributed by atoms with Crippen molar-refractivity contribution in [1.29, 1.82) is 0 Å². The molecule has 0 amide bonds.